The number of hydrogen-bond donors (Lipinski definition) is 2. The summed E-state index contributed by atoms with van der Waals surface area (Å²) in [5.74, 6) is 0.384. The zero-order chi connectivity index (χ0) is 16.2. The summed E-state index contributed by atoms with van der Waals surface area (Å²) in [4.78, 5) is 15.4. The highest BCUT2D eigenvalue weighted by atomic mass is 16.5. The standard InChI is InChI=1S/C18H18N2O3/c1-12(21)20-15-9-7-14(8-10-15)18-19-11-16(22)17(23-18)13-5-3-2-4-6-13/h2-10,16-17,22H,11H2,1H3,(H,20,21). The molecule has 2 atom stereocenters. The first-order chi connectivity index (χ1) is 11.1. The van der Waals surface area contributed by atoms with Crippen molar-refractivity contribution in [2.45, 2.75) is 19.1 Å². The van der Waals surface area contributed by atoms with E-state index >= 15 is 0 Å². The summed E-state index contributed by atoms with van der Waals surface area (Å²) >= 11 is 0. The van der Waals surface area contributed by atoms with Gasteiger partial charge >= 0.3 is 0 Å². The van der Waals surface area contributed by atoms with Crippen LogP contribution < -0.4 is 5.32 Å². The number of ether oxygens (including phenoxy) is 1. The molecule has 2 unspecified atom stereocenters. The van der Waals surface area contributed by atoms with Crippen molar-refractivity contribution in [3.8, 4) is 0 Å². The fraction of sp³-hybridized carbons (Fsp3) is 0.222. The van der Waals surface area contributed by atoms with Crippen molar-refractivity contribution in [1.82, 2.24) is 0 Å². The Hall–Kier alpha value is -2.66. The van der Waals surface area contributed by atoms with Gasteiger partial charge in [0, 0.05) is 18.2 Å². The number of nitrogens with zero attached hydrogens (tertiary/aromatic N) is 1. The predicted octanol–water partition coefficient (Wildman–Crippen LogP) is 2.52. The number of benzene rings is 2. The molecule has 0 bridgehead atoms. The third-order valence-corrected chi connectivity index (χ3v) is 3.59. The molecule has 2 aromatic carbocycles. The van der Waals surface area contributed by atoms with Gasteiger partial charge in [-0.25, -0.2) is 4.99 Å². The molecule has 0 aliphatic carbocycles. The normalized spacial score (nSPS) is 20.3. The topological polar surface area (TPSA) is 70.9 Å². The maximum absolute atomic E-state index is 11.0. The average Bonchev–Trinajstić information content (AvgIpc) is 2.56. The van der Waals surface area contributed by atoms with Crippen LogP contribution in [0, 0.1) is 0 Å². The van der Waals surface area contributed by atoms with Crippen LogP contribution in [0.5, 0.6) is 0 Å². The molecule has 2 N–H and O–H groups in total. The van der Waals surface area contributed by atoms with Crippen molar-refractivity contribution < 1.29 is 14.6 Å². The minimum absolute atomic E-state index is 0.115. The Morgan fingerprint density at radius 3 is 2.52 bits per heavy atom. The number of aliphatic hydroxyl groups excluding tert-OH is 1. The van der Waals surface area contributed by atoms with Crippen LogP contribution in [0.2, 0.25) is 0 Å². The first kappa shape index (κ1) is 15.2. The summed E-state index contributed by atoms with van der Waals surface area (Å²) in [7, 11) is 0. The Morgan fingerprint density at radius 1 is 1.17 bits per heavy atom. The molecule has 0 radical (unpaired) electrons. The minimum atomic E-state index is -0.667. The van der Waals surface area contributed by atoms with Gasteiger partial charge in [0.05, 0.1) is 6.54 Å². The first-order valence-electron chi connectivity index (χ1n) is 7.45. The van der Waals surface area contributed by atoms with Crippen LogP contribution in [0.4, 0.5) is 5.69 Å². The average molecular weight is 310 g/mol. The molecule has 1 heterocycles. The molecule has 3 rings (SSSR count). The summed E-state index contributed by atoms with van der Waals surface area (Å²) in [5.41, 5.74) is 2.45. The molecule has 1 amide bonds. The van der Waals surface area contributed by atoms with Crippen LogP contribution in [0.15, 0.2) is 59.6 Å². The number of nitrogens with one attached hydrogen (secondary N) is 1. The number of aliphatic hydroxyl groups is 1. The molecule has 0 saturated carbocycles. The Balaban J connectivity index is 1.79. The maximum atomic E-state index is 11.0. The van der Waals surface area contributed by atoms with Crippen LogP contribution >= 0.6 is 0 Å². The highest BCUT2D eigenvalue weighted by molar-refractivity contribution is 5.96. The summed E-state index contributed by atoms with van der Waals surface area (Å²) in [5, 5.41) is 12.9. The summed E-state index contributed by atoms with van der Waals surface area (Å²) < 4.78 is 5.90. The van der Waals surface area contributed by atoms with Crippen molar-refractivity contribution >= 4 is 17.5 Å². The number of rotatable bonds is 3. The first-order valence-corrected chi connectivity index (χ1v) is 7.45. The van der Waals surface area contributed by atoms with Crippen molar-refractivity contribution in [1.29, 1.82) is 0 Å². The Morgan fingerprint density at radius 2 is 1.87 bits per heavy atom. The number of carbonyl (C=O) groups is 1. The lowest BCUT2D eigenvalue weighted by Crippen LogP contribution is -2.31. The third kappa shape index (κ3) is 3.57. The SMILES string of the molecule is CC(=O)Nc1ccc(C2=NCC(O)C(c3ccccc3)O2)cc1. The molecule has 1 aliphatic rings. The number of hydrogen-bond acceptors (Lipinski definition) is 4. The van der Waals surface area contributed by atoms with Crippen molar-refractivity contribution in [2.24, 2.45) is 4.99 Å². The van der Waals surface area contributed by atoms with Crippen LogP contribution in [0.1, 0.15) is 24.2 Å². The number of amides is 1. The zero-order valence-corrected chi connectivity index (χ0v) is 12.8. The lowest BCUT2D eigenvalue weighted by Gasteiger charge is -2.28. The molecule has 2 aromatic rings. The van der Waals surface area contributed by atoms with Crippen LogP contribution in [-0.2, 0) is 9.53 Å². The summed E-state index contributed by atoms with van der Waals surface area (Å²) in [6.07, 6.45) is -1.10. The van der Waals surface area contributed by atoms with E-state index in [1.54, 1.807) is 12.1 Å². The van der Waals surface area contributed by atoms with Gasteiger partial charge in [-0.3, -0.25) is 4.79 Å². The minimum Gasteiger partial charge on any atom is -0.466 e. The molecule has 0 fully saturated rings. The van der Waals surface area contributed by atoms with E-state index in [4.69, 9.17) is 4.74 Å². The fourth-order valence-electron chi connectivity index (χ4n) is 2.50. The van der Waals surface area contributed by atoms with Crippen molar-refractivity contribution in [3.63, 3.8) is 0 Å². The van der Waals surface area contributed by atoms with E-state index in [0.717, 1.165) is 16.8 Å². The Labute approximate surface area is 134 Å². The van der Waals surface area contributed by atoms with E-state index < -0.39 is 12.2 Å². The van der Waals surface area contributed by atoms with E-state index in [1.165, 1.54) is 6.92 Å². The zero-order valence-electron chi connectivity index (χ0n) is 12.8. The molecule has 118 valence electrons. The van der Waals surface area contributed by atoms with E-state index in [9.17, 15) is 9.90 Å². The van der Waals surface area contributed by atoms with Gasteiger partial charge in [-0.05, 0) is 29.8 Å². The van der Waals surface area contributed by atoms with Crippen molar-refractivity contribution in [2.75, 3.05) is 11.9 Å². The Kier molecular flexibility index (Phi) is 4.39. The summed E-state index contributed by atoms with van der Waals surface area (Å²) in [6.45, 7) is 1.76. The molecule has 1 aliphatic heterocycles. The number of carbonyl (C=O) groups excluding carboxylic acids is 1. The fourth-order valence-corrected chi connectivity index (χ4v) is 2.50. The Bertz CT molecular complexity index is 711. The predicted molar refractivity (Wildman–Crippen MR) is 88.4 cm³/mol. The lowest BCUT2D eigenvalue weighted by atomic mass is 10.0. The highest BCUT2D eigenvalue weighted by Crippen LogP contribution is 2.27. The van der Waals surface area contributed by atoms with Crippen LogP contribution in [0.25, 0.3) is 0 Å². The molecule has 5 heteroatoms. The van der Waals surface area contributed by atoms with Gasteiger partial charge < -0.3 is 15.2 Å². The maximum Gasteiger partial charge on any atom is 0.221 e. The second-order valence-electron chi connectivity index (χ2n) is 5.42. The van der Waals surface area contributed by atoms with Crippen LogP contribution in [-0.4, -0.2) is 29.6 Å². The quantitative estimate of drug-likeness (QED) is 0.915. The van der Waals surface area contributed by atoms with Gasteiger partial charge in [0.2, 0.25) is 11.8 Å². The van der Waals surface area contributed by atoms with E-state index in [1.807, 2.05) is 42.5 Å². The molecule has 5 nitrogen and oxygen atoms in total. The molecular weight excluding hydrogens is 292 g/mol. The van der Waals surface area contributed by atoms with E-state index in [0.29, 0.717) is 12.4 Å². The van der Waals surface area contributed by atoms with Gasteiger partial charge in [0.25, 0.3) is 0 Å². The molecule has 0 spiro atoms. The van der Waals surface area contributed by atoms with Gasteiger partial charge in [-0.1, -0.05) is 30.3 Å². The van der Waals surface area contributed by atoms with Gasteiger partial charge in [0.15, 0.2) is 6.10 Å². The van der Waals surface area contributed by atoms with Gasteiger partial charge in [-0.2, -0.15) is 0 Å². The number of anilines is 1. The molecule has 0 aromatic heterocycles. The van der Waals surface area contributed by atoms with Gasteiger partial charge in [0.1, 0.15) is 6.10 Å². The van der Waals surface area contributed by atoms with E-state index in [-0.39, 0.29) is 5.91 Å². The third-order valence-electron chi connectivity index (χ3n) is 3.59. The van der Waals surface area contributed by atoms with Crippen LogP contribution in [0.3, 0.4) is 0 Å². The second-order valence-corrected chi connectivity index (χ2v) is 5.42. The highest BCUT2D eigenvalue weighted by Gasteiger charge is 2.28. The smallest absolute Gasteiger partial charge is 0.221 e. The monoisotopic (exact) mass is 310 g/mol. The van der Waals surface area contributed by atoms with E-state index in [2.05, 4.69) is 10.3 Å². The number of aliphatic imine (C=N–C) groups is 1. The molecular formula is C18H18N2O3. The summed E-state index contributed by atoms with van der Waals surface area (Å²) in [6, 6.07) is 16.9. The second kappa shape index (κ2) is 6.62. The van der Waals surface area contributed by atoms with Crippen molar-refractivity contribution in [3.05, 3.63) is 65.7 Å². The van der Waals surface area contributed by atoms with Gasteiger partial charge in [-0.15, -0.1) is 0 Å². The largest absolute Gasteiger partial charge is 0.466 e. The lowest BCUT2D eigenvalue weighted by molar-refractivity contribution is -0.114. The molecule has 23 heavy (non-hydrogen) atoms. The molecule has 0 saturated heterocycles.